The summed E-state index contributed by atoms with van der Waals surface area (Å²) in [4.78, 5) is 10.6. The monoisotopic (exact) mass is 206 g/mol. The molecule has 0 aliphatic rings. The van der Waals surface area contributed by atoms with Crippen molar-refractivity contribution in [3.05, 3.63) is 48.0 Å². The molecule has 0 bridgehead atoms. The highest BCUT2D eigenvalue weighted by molar-refractivity contribution is 5.87. The molecule has 15 heavy (non-hydrogen) atoms. The molecule has 3 heteroatoms. The van der Waals surface area contributed by atoms with Gasteiger partial charge in [0.25, 0.3) is 0 Å². The van der Waals surface area contributed by atoms with Crippen molar-refractivity contribution in [2.24, 2.45) is 0 Å². The zero-order valence-corrected chi connectivity index (χ0v) is 8.55. The van der Waals surface area contributed by atoms with Crippen LogP contribution >= 0.6 is 0 Å². The quantitative estimate of drug-likeness (QED) is 0.577. The smallest absolute Gasteiger partial charge is 0.193 e. The second-order valence-electron chi connectivity index (χ2n) is 3.40. The molecule has 0 unspecified atom stereocenters. The fraction of sp³-hybridized carbons (Fsp3) is 0.250. The molecule has 0 saturated carbocycles. The average Bonchev–Trinajstić information content (AvgIpc) is 2.18. The molecule has 0 atom stereocenters. The third-order valence-corrected chi connectivity index (χ3v) is 1.99. The van der Waals surface area contributed by atoms with Gasteiger partial charge in [0.2, 0.25) is 0 Å². The summed E-state index contributed by atoms with van der Waals surface area (Å²) in [6.45, 7) is 1.41. The standard InChI is InChI=1S/C12H14O3/c1-10(13)6-5-9-12(14,15)11-7-3-2-4-8-11/h2-8,14-15H,9H2,1H3. The molecule has 1 rings (SSSR count). The first-order valence-electron chi connectivity index (χ1n) is 4.70. The zero-order valence-electron chi connectivity index (χ0n) is 8.55. The summed E-state index contributed by atoms with van der Waals surface area (Å²) >= 11 is 0. The Morgan fingerprint density at radius 2 is 1.93 bits per heavy atom. The minimum Gasteiger partial charge on any atom is -0.362 e. The molecule has 1 aromatic carbocycles. The van der Waals surface area contributed by atoms with Gasteiger partial charge in [0.1, 0.15) is 0 Å². The fourth-order valence-electron chi connectivity index (χ4n) is 1.21. The van der Waals surface area contributed by atoms with E-state index in [4.69, 9.17) is 0 Å². The summed E-state index contributed by atoms with van der Waals surface area (Å²) in [5.41, 5.74) is 0.415. The van der Waals surface area contributed by atoms with Gasteiger partial charge < -0.3 is 10.2 Å². The Hall–Kier alpha value is -1.45. The number of rotatable bonds is 4. The van der Waals surface area contributed by atoms with Crippen LogP contribution in [0, 0.1) is 0 Å². The first-order chi connectivity index (χ1) is 7.02. The summed E-state index contributed by atoms with van der Waals surface area (Å²) in [6, 6.07) is 8.50. The molecule has 0 amide bonds. The predicted molar refractivity (Wildman–Crippen MR) is 57.0 cm³/mol. The Balaban J connectivity index is 2.71. The van der Waals surface area contributed by atoms with Gasteiger partial charge >= 0.3 is 0 Å². The van der Waals surface area contributed by atoms with Crippen LogP contribution in [0.2, 0.25) is 0 Å². The summed E-state index contributed by atoms with van der Waals surface area (Å²) in [7, 11) is 0. The van der Waals surface area contributed by atoms with Crippen LogP contribution in [0.25, 0.3) is 0 Å². The summed E-state index contributed by atoms with van der Waals surface area (Å²) < 4.78 is 0. The molecule has 0 spiro atoms. The van der Waals surface area contributed by atoms with Gasteiger partial charge in [-0.1, -0.05) is 36.4 Å². The number of carbonyl (C=O) groups excluding carboxylic acids is 1. The van der Waals surface area contributed by atoms with Crippen LogP contribution in [0.1, 0.15) is 18.9 Å². The predicted octanol–water partition coefficient (Wildman–Crippen LogP) is 1.36. The third-order valence-electron chi connectivity index (χ3n) is 1.99. The maximum Gasteiger partial charge on any atom is 0.193 e. The maximum absolute atomic E-state index is 10.6. The summed E-state index contributed by atoms with van der Waals surface area (Å²) in [6.07, 6.45) is 2.77. The number of allylic oxidation sites excluding steroid dienone is 1. The van der Waals surface area contributed by atoms with Gasteiger partial charge in [0.05, 0.1) is 0 Å². The van der Waals surface area contributed by atoms with Crippen molar-refractivity contribution in [1.29, 1.82) is 0 Å². The van der Waals surface area contributed by atoms with E-state index in [-0.39, 0.29) is 12.2 Å². The van der Waals surface area contributed by atoms with Crippen LogP contribution in [-0.4, -0.2) is 16.0 Å². The van der Waals surface area contributed by atoms with Crippen LogP contribution in [0.3, 0.4) is 0 Å². The Morgan fingerprint density at radius 1 is 1.33 bits per heavy atom. The highest BCUT2D eigenvalue weighted by Gasteiger charge is 2.23. The number of aliphatic hydroxyl groups is 2. The molecule has 80 valence electrons. The van der Waals surface area contributed by atoms with Crippen molar-refractivity contribution in [1.82, 2.24) is 0 Å². The van der Waals surface area contributed by atoms with Gasteiger partial charge in [0, 0.05) is 12.0 Å². The summed E-state index contributed by atoms with van der Waals surface area (Å²) in [5.74, 6) is -2.02. The lowest BCUT2D eigenvalue weighted by Crippen LogP contribution is -2.23. The molecule has 1 aromatic rings. The molecule has 3 nitrogen and oxygen atoms in total. The van der Waals surface area contributed by atoms with Gasteiger partial charge in [-0.2, -0.15) is 0 Å². The van der Waals surface area contributed by atoms with Crippen molar-refractivity contribution in [2.45, 2.75) is 19.1 Å². The van der Waals surface area contributed by atoms with E-state index in [1.807, 2.05) is 0 Å². The minimum absolute atomic E-state index is 0.00338. The SMILES string of the molecule is CC(=O)C=CCC(O)(O)c1ccccc1. The highest BCUT2D eigenvalue weighted by Crippen LogP contribution is 2.21. The topological polar surface area (TPSA) is 57.5 Å². The van der Waals surface area contributed by atoms with Crippen LogP contribution in [0.5, 0.6) is 0 Å². The van der Waals surface area contributed by atoms with Crippen LogP contribution in [0.15, 0.2) is 42.5 Å². The molecule has 0 radical (unpaired) electrons. The second-order valence-corrected chi connectivity index (χ2v) is 3.40. The molecule has 0 aromatic heterocycles. The Bertz CT molecular complexity index is 352. The zero-order chi connectivity index (χ0) is 11.3. The molecular formula is C12H14O3. The van der Waals surface area contributed by atoms with E-state index in [1.54, 1.807) is 30.3 Å². The first kappa shape index (κ1) is 11.6. The van der Waals surface area contributed by atoms with E-state index in [2.05, 4.69) is 0 Å². The Kier molecular flexibility index (Phi) is 3.77. The van der Waals surface area contributed by atoms with Gasteiger partial charge in [0.15, 0.2) is 11.6 Å². The number of hydrogen-bond acceptors (Lipinski definition) is 3. The van der Waals surface area contributed by atoms with Crippen molar-refractivity contribution in [3.8, 4) is 0 Å². The number of benzene rings is 1. The molecule has 0 aliphatic heterocycles. The number of carbonyl (C=O) groups is 1. The molecule has 2 N–H and O–H groups in total. The van der Waals surface area contributed by atoms with E-state index >= 15 is 0 Å². The molecule has 0 heterocycles. The van der Waals surface area contributed by atoms with Crippen molar-refractivity contribution >= 4 is 5.78 Å². The van der Waals surface area contributed by atoms with Gasteiger partial charge in [-0.3, -0.25) is 4.79 Å². The normalized spacial score (nSPS) is 11.9. The number of ketones is 1. The van der Waals surface area contributed by atoms with Gasteiger partial charge in [-0.25, -0.2) is 0 Å². The maximum atomic E-state index is 10.6. The van der Waals surface area contributed by atoms with Crippen LogP contribution in [0.4, 0.5) is 0 Å². The lowest BCUT2D eigenvalue weighted by molar-refractivity contribution is -0.166. The Labute approximate surface area is 88.7 Å². The third kappa shape index (κ3) is 3.65. The first-order valence-corrected chi connectivity index (χ1v) is 4.70. The largest absolute Gasteiger partial charge is 0.362 e. The van der Waals surface area contributed by atoms with Gasteiger partial charge in [-0.05, 0) is 13.0 Å². The van der Waals surface area contributed by atoms with E-state index in [1.165, 1.54) is 19.1 Å². The van der Waals surface area contributed by atoms with E-state index in [0.29, 0.717) is 5.56 Å². The summed E-state index contributed by atoms with van der Waals surface area (Å²) in [5, 5.41) is 19.4. The van der Waals surface area contributed by atoms with Crippen molar-refractivity contribution in [2.75, 3.05) is 0 Å². The molecule has 0 saturated heterocycles. The van der Waals surface area contributed by atoms with Crippen LogP contribution < -0.4 is 0 Å². The molecule has 0 aliphatic carbocycles. The Morgan fingerprint density at radius 3 is 2.47 bits per heavy atom. The highest BCUT2D eigenvalue weighted by atomic mass is 16.5. The van der Waals surface area contributed by atoms with E-state index in [0.717, 1.165) is 0 Å². The second kappa shape index (κ2) is 4.87. The molecular weight excluding hydrogens is 192 g/mol. The number of hydrogen-bond donors (Lipinski definition) is 2. The minimum atomic E-state index is -1.91. The lowest BCUT2D eigenvalue weighted by atomic mass is 10.0. The van der Waals surface area contributed by atoms with E-state index in [9.17, 15) is 15.0 Å². The lowest BCUT2D eigenvalue weighted by Gasteiger charge is -2.20. The van der Waals surface area contributed by atoms with Gasteiger partial charge in [-0.15, -0.1) is 0 Å². The van der Waals surface area contributed by atoms with Crippen LogP contribution in [-0.2, 0) is 10.6 Å². The average molecular weight is 206 g/mol. The van der Waals surface area contributed by atoms with E-state index < -0.39 is 5.79 Å². The van der Waals surface area contributed by atoms with Crippen molar-refractivity contribution < 1.29 is 15.0 Å². The molecule has 0 fully saturated rings. The fourth-order valence-corrected chi connectivity index (χ4v) is 1.21. The van der Waals surface area contributed by atoms with Crippen molar-refractivity contribution in [3.63, 3.8) is 0 Å².